The van der Waals surface area contributed by atoms with Crippen molar-refractivity contribution in [3.8, 4) is 11.3 Å². The Balaban J connectivity index is 0.00000192. The molecule has 0 unspecified atom stereocenters. The average molecular weight is 337 g/mol. The predicted octanol–water partition coefficient (Wildman–Crippen LogP) is 0.961. The number of amides is 1. The summed E-state index contributed by atoms with van der Waals surface area (Å²) in [6.07, 6.45) is 0.163. The van der Waals surface area contributed by atoms with Crippen LogP contribution in [0.2, 0.25) is 0 Å². The fraction of sp³-hybridized carbons (Fsp3) is 0.375. The summed E-state index contributed by atoms with van der Waals surface area (Å²) in [5, 5.41) is 20.3. The Bertz CT molecular complexity index is 659. The fourth-order valence-electron chi connectivity index (χ4n) is 2.68. The largest absolute Gasteiger partial charge is 0.390 e. The van der Waals surface area contributed by atoms with E-state index in [1.165, 1.54) is 0 Å². The van der Waals surface area contributed by atoms with Crippen molar-refractivity contribution < 1.29 is 9.90 Å². The fourth-order valence-corrected chi connectivity index (χ4v) is 2.68. The number of aryl methyl sites for hydroxylation is 1. The summed E-state index contributed by atoms with van der Waals surface area (Å²) in [5.41, 5.74) is 2.22. The van der Waals surface area contributed by atoms with Gasteiger partial charge < -0.3 is 15.7 Å². The Morgan fingerprint density at radius 1 is 1.39 bits per heavy atom. The first-order chi connectivity index (χ1) is 10.6. The zero-order chi connectivity index (χ0) is 15.5. The lowest BCUT2D eigenvalue weighted by Gasteiger charge is -2.28. The Hall–Kier alpha value is -1.89. The van der Waals surface area contributed by atoms with Crippen LogP contribution in [0.1, 0.15) is 16.9 Å². The Kier molecular flexibility index (Phi) is 5.76. The number of nitrogens with zero attached hydrogens (tertiary/aromatic N) is 2. The number of carbonyl (C=O) groups is 1. The van der Waals surface area contributed by atoms with Crippen LogP contribution in [0.15, 0.2) is 36.4 Å². The molecule has 0 spiro atoms. The quantitative estimate of drug-likeness (QED) is 0.780. The number of halogens is 1. The van der Waals surface area contributed by atoms with Gasteiger partial charge >= 0.3 is 0 Å². The molecular formula is C16H21ClN4O2. The summed E-state index contributed by atoms with van der Waals surface area (Å²) in [4.78, 5) is 12.4. The summed E-state index contributed by atoms with van der Waals surface area (Å²) < 4.78 is 1.57. The van der Waals surface area contributed by atoms with Crippen LogP contribution < -0.4 is 10.6 Å². The maximum absolute atomic E-state index is 12.4. The van der Waals surface area contributed by atoms with E-state index in [1.807, 2.05) is 30.3 Å². The number of aromatic nitrogens is 2. The second-order valence-corrected chi connectivity index (χ2v) is 5.54. The number of carbonyl (C=O) groups excluding carboxylic acids is 1. The van der Waals surface area contributed by atoms with Crippen LogP contribution in [0, 0.1) is 0 Å². The van der Waals surface area contributed by atoms with Gasteiger partial charge in [-0.2, -0.15) is 5.10 Å². The highest BCUT2D eigenvalue weighted by molar-refractivity contribution is 5.94. The van der Waals surface area contributed by atoms with E-state index in [9.17, 15) is 9.90 Å². The van der Waals surface area contributed by atoms with Gasteiger partial charge in [-0.25, -0.2) is 0 Å². The molecule has 0 saturated carbocycles. The van der Waals surface area contributed by atoms with Crippen molar-refractivity contribution >= 4 is 18.3 Å². The SMILES string of the molecule is Cl.Cn1nc(-c2ccccc2)cc1C(=O)N[C@@H]1CCNC[C@H]1O. The molecule has 1 fully saturated rings. The molecule has 1 aromatic carbocycles. The number of hydrogen-bond donors (Lipinski definition) is 3. The van der Waals surface area contributed by atoms with Crippen molar-refractivity contribution in [3.63, 3.8) is 0 Å². The second-order valence-electron chi connectivity index (χ2n) is 5.54. The summed E-state index contributed by atoms with van der Waals surface area (Å²) in [6, 6.07) is 11.3. The van der Waals surface area contributed by atoms with Crippen molar-refractivity contribution in [1.82, 2.24) is 20.4 Å². The molecule has 2 heterocycles. The minimum atomic E-state index is -0.556. The lowest BCUT2D eigenvalue weighted by Crippen LogP contribution is -2.52. The number of nitrogens with one attached hydrogen (secondary N) is 2. The molecule has 1 aromatic heterocycles. The van der Waals surface area contributed by atoms with Gasteiger partial charge in [-0.1, -0.05) is 30.3 Å². The van der Waals surface area contributed by atoms with Crippen molar-refractivity contribution in [2.45, 2.75) is 18.6 Å². The molecule has 124 valence electrons. The minimum Gasteiger partial charge on any atom is -0.390 e. The third-order valence-corrected chi connectivity index (χ3v) is 3.95. The molecule has 6 nitrogen and oxygen atoms in total. The van der Waals surface area contributed by atoms with Crippen LogP contribution in [-0.2, 0) is 7.05 Å². The van der Waals surface area contributed by atoms with E-state index in [-0.39, 0.29) is 24.4 Å². The smallest absolute Gasteiger partial charge is 0.269 e. The van der Waals surface area contributed by atoms with Gasteiger partial charge in [0, 0.05) is 19.2 Å². The van der Waals surface area contributed by atoms with Crippen molar-refractivity contribution in [3.05, 3.63) is 42.1 Å². The molecule has 1 saturated heterocycles. The molecule has 0 bridgehead atoms. The van der Waals surface area contributed by atoms with Gasteiger partial charge in [-0.3, -0.25) is 9.48 Å². The van der Waals surface area contributed by atoms with Crippen molar-refractivity contribution in [2.75, 3.05) is 13.1 Å². The number of benzene rings is 1. The zero-order valence-electron chi connectivity index (χ0n) is 12.9. The van der Waals surface area contributed by atoms with Crippen molar-refractivity contribution in [1.29, 1.82) is 0 Å². The minimum absolute atomic E-state index is 0. The van der Waals surface area contributed by atoms with E-state index in [0.29, 0.717) is 12.2 Å². The molecule has 23 heavy (non-hydrogen) atoms. The van der Waals surface area contributed by atoms with E-state index in [2.05, 4.69) is 15.7 Å². The standard InChI is InChI=1S/C16H20N4O2.ClH/c1-20-14(9-13(19-20)11-5-3-2-4-6-11)16(22)18-12-7-8-17-10-15(12)21;/h2-6,9,12,15,17,21H,7-8,10H2,1H3,(H,18,22);1H/t12-,15-;/m1./s1. The van der Waals surface area contributed by atoms with E-state index < -0.39 is 6.10 Å². The molecule has 1 amide bonds. The molecule has 2 aromatic rings. The van der Waals surface area contributed by atoms with Gasteiger partial charge in [0.2, 0.25) is 0 Å². The Morgan fingerprint density at radius 3 is 2.83 bits per heavy atom. The molecule has 1 aliphatic heterocycles. The topological polar surface area (TPSA) is 79.2 Å². The highest BCUT2D eigenvalue weighted by Crippen LogP contribution is 2.18. The number of β-amino-alcohol motifs (C(OH)–C–C–N with tert-alkyl or cyclic N) is 1. The number of aliphatic hydroxyl groups is 1. The summed E-state index contributed by atoms with van der Waals surface area (Å²) in [5.74, 6) is -0.205. The molecule has 7 heteroatoms. The number of rotatable bonds is 3. The zero-order valence-corrected chi connectivity index (χ0v) is 13.7. The summed E-state index contributed by atoms with van der Waals surface area (Å²) in [7, 11) is 1.75. The molecule has 3 rings (SSSR count). The maximum Gasteiger partial charge on any atom is 0.269 e. The van der Waals surface area contributed by atoms with E-state index in [0.717, 1.165) is 24.2 Å². The van der Waals surface area contributed by atoms with Gasteiger partial charge in [-0.15, -0.1) is 12.4 Å². The lowest BCUT2D eigenvalue weighted by atomic mass is 10.0. The van der Waals surface area contributed by atoms with E-state index in [1.54, 1.807) is 17.8 Å². The third kappa shape index (κ3) is 3.90. The molecular weight excluding hydrogens is 316 g/mol. The van der Waals surface area contributed by atoms with Crippen LogP contribution >= 0.6 is 12.4 Å². The molecule has 2 atom stereocenters. The first kappa shape index (κ1) is 17.5. The number of piperidine rings is 1. The van der Waals surface area contributed by atoms with Gasteiger partial charge in [0.1, 0.15) is 5.69 Å². The summed E-state index contributed by atoms with van der Waals surface area (Å²) in [6.45, 7) is 1.30. The normalized spacial score (nSPS) is 20.6. The first-order valence-corrected chi connectivity index (χ1v) is 7.44. The maximum atomic E-state index is 12.4. The second kappa shape index (κ2) is 7.59. The van der Waals surface area contributed by atoms with Crippen LogP contribution in [0.5, 0.6) is 0 Å². The Morgan fingerprint density at radius 2 is 2.13 bits per heavy atom. The molecule has 0 radical (unpaired) electrons. The predicted molar refractivity (Wildman–Crippen MR) is 90.6 cm³/mol. The molecule has 0 aliphatic carbocycles. The van der Waals surface area contributed by atoms with Crippen LogP contribution in [0.4, 0.5) is 0 Å². The monoisotopic (exact) mass is 336 g/mol. The highest BCUT2D eigenvalue weighted by atomic mass is 35.5. The van der Waals surface area contributed by atoms with E-state index in [4.69, 9.17) is 0 Å². The van der Waals surface area contributed by atoms with Crippen molar-refractivity contribution in [2.24, 2.45) is 7.05 Å². The van der Waals surface area contributed by atoms with Crippen LogP contribution in [0.25, 0.3) is 11.3 Å². The van der Waals surface area contributed by atoms with Gasteiger partial charge in [0.05, 0.1) is 17.8 Å². The summed E-state index contributed by atoms with van der Waals surface area (Å²) >= 11 is 0. The van der Waals surface area contributed by atoms with Gasteiger partial charge in [0.15, 0.2) is 0 Å². The highest BCUT2D eigenvalue weighted by Gasteiger charge is 2.26. The Labute approximate surface area is 141 Å². The van der Waals surface area contributed by atoms with Crippen LogP contribution in [-0.4, -0.2) is 46.0 Å². The molecule has 1 aliphatic rings. The lowest BCUT2D eigenvalue weighted by molar-refractivity contribution is 0.0758. The van der Waals surface area contributed by atoms with Gasteiger partial charge in [0.25, 0.3) is 5.91 Å². The van der Waals surface area contributed by atoms with Crippen LogP contribution in [0.3, 0.4) is 0 Å². The number of hydrogen-bond acceptors (Lipinski definition) is 4. The third-order valence-electron chi connectivity index (χ3n) is 3.95. The van der Waals surface area contributed by atoms with Gasteiger partial charge in [-0.05, 0) is 19.0 Å². The average Bonchev–Trinajstić information content (AvgIpc) is 2.92. The molecule has 3 N–H and O–H groups in total. The number of aliphatic hydroxyl groups excluding tert-OH is 1. The van der Waals surface area contributed by atoms with E-state index >= 15 is 0 Å². The first-order valence-electron chi connectivity index (χ1n) is 7.44.